The predicted molar refractivity (Wildman–Crippen MR) is 109 cm³/mol. The summed E-state index contributed by atoms with van der Waals surface area (Å²) in [5, 5.41) is 14.8. The van der Waals surface area contributed by atoms with Gasteiger partial charge in [-0.05, 0) is 49.4 Å². The first-order valence-electron chi connectivity index (χ1n) is 8.60. The second kappa shape index (κ2) is 8.86. The third kappa shape index (κ3) is 4.07. The number of rotatable bonds is 5. The molecule has 2 aromatic carbocycles. The zero-order valence-corrected chi connectivity index (χ0v) is 16.1. The lowest BCUT2D eigenvalue weighted by Gasteiger charge is -2.45. The van der Waals surface area contributed by atoms with E-state index >= 15 is 0 Å². The van der Waals surface area contributed by atoms with Crippen molar-refractivity contribution >= 4 is 24.2 Å². The molecule has 1 aliphatic rings. The monoisotopic (exact) mass is 371 g/mol. The summed E-state index contributed by atoms with van der Waals surface area (Å²) in [4.78, 5) is 2.03. The predicted octanol–water partition coefficient (Wildman–Crippen LogP) is 4.99. The van der Waals surface area contributed by atoms with Gasteiger partial charge in [0.2, 0.25) is 0 Å². The van der Waals surface area contributed by atoms with Crippen LogP contribution >= 0.6 is 11.6 Å². The fourth-order valence-corrected chi connectivity index (χ4v) is 3.65. The Morgan fingerprint density at radius 3 is 2.31 bits per heavy atom. The Hall–Kier alpha value is -2.33. The van der Waals surface area contributed by atoms with Gasteiger partial charge < -0.3 is 15.0 Å². The van der Waals surface area contributed by atoms with Crippen molar-refractivity contribution < 1.29 is 4.74 Å². The molecular weight excluding hydrogens is 346 g/mol. The molecule has 0 saturated heterocycles. The van der Waals surface area contributed by atoms with E-state index in [2.05, 4.69) is 18.9 Å². The molecule has 1 aliphatic carbocycles. The Morgan fingerprint density at radius 2 is 1.77 bits per heavy atom. The van der Waals surface area contributed by atoms with Gasteiger partial charge in [-0.15, -0.1) is 0 Å². The first kappa shape index (κ1) is 20.0. The summed E-state index contributed by atoms with van der Waals surface area (Å²) < 4.78 is 5.40. The Balaban J connectivity index is 0.00000117. The lowest BCUT2D eigenvalue weighted by atomic mass is 9.64. The molecule has 138 valence electrons. The highest BCUT2D eigenvalue weighted by Gasteiger charge is 2.40. The number of hydrogen-bond acceptors (Lipinski definition) is 3. The number of methoxy groups -OCH3 is 1. The van der Waals surface area contributed by atoms with Gasteiger partial charge in [0.05, 0.1) is 12.7 Å². The molecule has 5 heteroatoms. The second-order valence-corrected chi connectivity index (χ2v) is 6.98. The summed E-state index contributed by atoms with van der Waals surface area (Å²) in [5.41, 5.74) is 2.26. The van der Waals surface area contributed by atoms with Crippen molar-refractivity contribution in [2.45, 2.75) is 24.7 Å². The van der Waals surface area contributed by atoms with Gasteiger partial charge in [-0.1, -0.05) is 42.3 Å². The molecule has 0 aromatic heterocycles. The zero-order chi connectivity index (χ0) is 19.2. The van der Waals surface area contributed by atoms with E-state index in [1.807, 2.05) is 48.3 Å². The lowest BCUT2D eigenvalue weighted by molar-refractivity contribution is 0.198. The third-order valence-electron chi connectivity index (χ3n) is 5.05. The van der Waals surface area contributed by atoms with Crippen LogP contribution in [-0.4, -0.2) is 38.2 Å². The van der Waals surface area contributed by atoms with Crippen molar-refractivity contribution in [1.82, 2.24) is 4.90 Å². The lowest BCUT2D eigenvalue weighted by Crippen LogP contribution is -2.46. The van der Waals surface area contributed by atoms with Crippen molar-refractivity contribution in [2.24, 2.45) is 0 Å². The highest BCUT2D eigenvalue weighted by Crippen LogP contribution is 2.44. The minimum Gasteiger partial charge on any atom is -0.496 e. The molecular formula is C21H26ClN3O. The molecule has 2 N–H and O–H groups in total. The molecule has 0 amide bonds. The molecule has 1 saturated carbocycles. The molecule has 0 atom stereocenters. The Labute approximate surface area is 160 Å². The van der Waals surface area contributed by atoms with Gasteiger partial charge in [-0.3, -0.25) is 5.41 Å². The van der Waals surface area contributed by atoms with Crippen LogP contribution in [0.25, 0.3) is 0 Å². The van der Waals surface area contributed by atoms with Crippen LogP contribution in [0.3, 0.4) is 0 Å². The highest BCUT2D eigenvalue weighted by molar-refractivity contribution is 6.30. The number of likely N-dealkylation sites (N-methyl/N-ethyl adjacent to an activating group) is 1. The first-order chi connectivity index (χ1) is 12.6. The maximum Gasteiger partial charge on any atom is 0.131 e. The smallest absolute Gasteiger partial charge is 0.131 e. The second-order valence-electron chi connectivity index (χ2n) is 6.55. The van der Waals surface area contributed by atoms with Crippen LogP contribution in [0.1, 0.15) is 30.4 Å². The van der Waals surface area contributed by atoms with E-state index in [9.17, 15) is 0 Å². The van der Waals surface area contributed by atoms with Crippen LogP contribution in [0.2, 0.25) is 5.02 Å². The quantitative estimate of drug-likeness (QED) is 0.574. The van der Waals surface area contributed by atoms with Gasteiger partial charge in [0.1, 0.15) is 11.6 Å². The van der Waals surface area contributed by atoms with Gasteiger partial charge in [-0.2, -0.15) is 0 Å². The van der Waals surface area contributed by atoms with E-state index in [-0.39, 0.29) is 5.41 Å². The summed E-state index contributed by atoms with van der Waals surface area (Å²) in [6.45, 7) is 3.32. The number of hydrogen-bond donors (Lipinski definition) is 2. The minimum absolute atomic E-state index is 0.119. The van der Waals surface area contributed by atoms with E-state index in [0.717, 1.165) is 35.7 Å². The molecule has 1 fully saturated rings. The molecule has 26 heavy (non-hydrogen) atoms. The van der Waals surface area contributed by atoms with Crippen molar-refractivity contribution in [3.05, 3.63) is 64.7 Å². The van der Waals surface area contributed by atoms with Crippen molar-refractivity contribution in [3.63, 3.8) is 0 Å². The SMILES string of the molecule is C=N.COc1ccccc1C(=N)N(C)CC1(c2ccc(Cl)cc2)CCC1. The average molecular weight is 372 g/mol. The third-order valence-corrected chi connectivity index (χ3v) is 5.30. The van der Waals surface area contributed by atoms with Crippen molar-refractivity contribution in [2.75, 3.05) is 20.7 Å². The molecule has 4 nitrogen and oxygen atoms in total. The van der Waals surface area contributed by atoms with Crippen LogP contribution < -0.4 is 4.74 Å². The summed E-state index contributed by atoms with van der Waals surface area (Å²) in [5.74, 6) is 1.23. The van der Waals surface area contributed by atoms with Gasteiger partial charge in [0.15, 0.2) is 0 Å². The largest absolute Gasteiger partial charge is 0.496 e. The van der Waals surface area contributed by atoms with Crippen LogP contribution in [0, 0.1) is 10.8 Å². The summed E-state index contributed by atoms with van der Waals surface area (Å²) in [6, 6.07) is 15.9. The zero-order valence-electron chi connectivity index (χ0n) is 15.4. The number of benzene rings is 2. The Kier molecular flexibility index (Phi) is 6.81. The van der Waals surface area contributed by atoms with Gasteiger partial charge >= 0.3 is 0 Å². The Morgan fingerprint density at radius 1 is 1.15 bits per heavy atom. The van der Waals surface area contributed by atoms with Crippen LogP contribution in [0.15, 0.2) is 48.5 Å². The first-order valence-corrected chi connectivity index (χ1v) is 8.98. The summed E-state index contributed by atoms with van der Waals surface area (Å²) in [6.07, 6.45) is 3.54. The molecule has 0 aliphatic heterocycles. The van der Waals surface area contributed by atoms with Gasteiger partial charge in [0, 0.05) is 24.0 Å². The number of ether oxygens (including phenoxy) is 1. The molecule has 0 radical (unpaired) electrons. The molecule has 3 rings (SSSR count). The van der Waals surface area contributed by atoms with E-state index in [1.54, 1.807) is 7.11 Å². The van der Waals surface area contributed by atoms with E-state index in [0.29, 0.717) is 5.84 Å². The molecule has 2 aromatic rings. The summed E-state index contributed by atoms with van der Waals surface area (Å²) >= 11 is 6.03. The standard InChI is InChI=1S/C20H23ClN2O.CH3N/c1-23(19(22)17-6-3-4-7-18(17)24-2)14-20(12-5-13-20)15-8-10-16(21)11-9-15;1-2/h3-4,6-11,22H,5,12-14H2,1-2H3;2H,1H2. The van der Waals surface area contributed by atoms with Gasteiger partial charge in [-0.25, -0.2) is 0 Å². The number of halogens is 1. The number of nitrogens with zero attached hydrogens (tertiary/aromatic N) is 1. The van der Waals surface area contributed by atoms with E-state index < -0.39 is 0 Å². The fourth-order valence-electron chi connectivity index (χ4n) is 3.52. The Bertz CT molecular complexity index is 741. The molecule has 0 bridgehead atoms. The maximum absolute atomic E-state index is 8.58. The van der Waals surface area contributed by atoms with Gasteiger partial charge in [0.25, 0.3) is 0 Å². The number of nitrogens with one attached hydrogen (secondary N) is 2. The van der Waals surface area contributed by atoms with E-state index in [4.69, 9.17) is 27.2 Å². The number of amidine groups is 1. The van der Waals surface area contributed by atoms with Crippen molar-refractivity contribution in [1.29, 1.82) is 10.8 Å². The van der Waals surface area contributed by atoms with Crippen LogP contribution in [0.5, 0.6) is 5.75 Å². The van der Waals surface area contributed by atoms with E-state index in [1.165, 1.54) is 12.0 Å². The highest BCUT2D eigenvalue weighted by atomic mass is 35.5. The molecule has 0 heterocycles. The number of para-hydroxylation sites is 1. The van der Waals surface area contributed by atoms with Crippen LogP contribution in [0.4, 0.5) is 0 Å². The normalized spacial score (nSPS) is 14.4. The molecule has 0 unspecified atom stereocenters. The van der Waals surface area contributed by atoms with Crippen LogP contribution in [-0.2, 0) is 5.41 Å². The summed E-state index contributed by atoms with van der Waals surface area (Å²) in [7, 11) is 3.64. The maximum atomic E-state index is 8.58. The molecule has 0 spiro atoms. The average Bonchev–Trinajstić information content (AvgIpc) is 2.66. The topological polar surface area (TPSA) is 60.2 Å². The fraction of sp³-hybridized carbons (Fsp3) is 0.333. The van der Waals surface area contributed by atoms with Crippen molar-refractivity contribution in [3.8, 4) is 5.75 Å². The minimum atomic E-state index is 0.119.